The van der Waals surface area contributed by atoms with Crippen LogP contribution in [0.2, 0.25) is 0 Å². The molecule has 1 heterocycles. The number of rotatable bonds is 6. The largest absolute Gasteiger partial charge is 0.416 e. The van der Waals surface area contributed by atoms with Crippen LogP contribution in [0.15, 0.2) is 36.7 Å². The van der Waals surface area contributed by atoms with Crippen molar-refractivity contribution in [3.63, 3.8) is 0 Å². The van der Waals surface area contributed by atoms with Gasteiger partial charge >= 0.3 is 6.18 Å². The summed E-state index contributed by atoms with van der Waals surface area (Å²) in [6, 6.07) is 5.55. The first-order valence-corrected chi connectivity index (χ1v) is 8.72. The third kappa shape index (κ3) is 4.26. The molecule has 1 fully saturated rings. The first-order chi connectivity index (χ1) is 12.3. The molecule has 0 spiro atoms. The summed E-state index contributed by atoms with van der Waals surface area (Å²) in [6.45, 7) is 4.40. The van der Waals surface area contributed by atoms with Crippen LogP contribution in [0, 0.1) is 5.92 Å². The van der Waals surface area contributed by atoms with Gasteiger partial charge in [0.1, 0.15) is 5.82 Å². The highest BCUT2D eigenvalue weighted by molar-refractivity contribution is 5.78. The Kier molecular flexibility index (Phi) is 5.07. The number of carbonyl (C=O) groups is 1. The Morgan fingerprint density at radius 3 is 2.69 bits per heavy atom. The maximum absolute atomic E-state index is 12.9. The zero-order chi connectivity index (χ0) is 18.9. The lowest BCUT2D eigenvalue weighted by Crippen LogP contribution is -2.36. The van der Waals surface area contributed by atoms with Gasteiger partial charge in [-0.1, -0.05) is 26.0 Å². The van der Waals surface area contributed by atoms with Crippen LogP contribution in [0.25, 0.3) is 0 Å². The average molecular weight is 365 g/mol. The Bertz CT molecular complexity index is 778. The van der Waals surface area contributed by atoms with Gasteiger partial charge in [-0.15, -0.1) is 0 Å². The molecular weight excluding hydrogens is 343 g/mol. The number of halogens is 3. The Balaban J connectivity index is 1.77. The molecule has 1 aromatic heterocycles. The van der Waals surface area contributed by atoms with E-state index in [9.17, 15) is 18.0 Å². The van der Waals surface area contributed by atoms with Crippen molar-refractivity contribution in [2.45, 2.75) is 52.0 Å². The second-order valence-electron chi connectivity index (χ2n) is 7.02. The Morgan fingerprint density at radius 1 is 1.35 bits per heavy atom. The van der Waals surface area contributed by atoms with Crippen molar-refractivity contribution in [2.24, 2.45) is 5.92 Å². The molecule has 140 valence electrons. The molecule has 3 rings (SSSR count). The van der Waals surface area contributed by atoms with Crippen LogP contribution in [-0.2, 0) is 24.1 Å². The normalized spacial score (nSPS) is 14.7. The molecule has 1 aliphatic rings. The number of amides is 1. The summed E-state index contributed by atoms with van der Waals surface area (Å²) in [7, 11) is 0. The first-order valence-electron chi connectivity index (χ1n) is 8.72. The maximum Gasteiger partial charge on any atom is 0.416 e. The lowest BCUT2D eigenvalue weighted by atomic mass is 10.1. The van der Waals surface area contributed by atoms with Crippen LogP contribution in [0.5, 0.6) is 0 Å². The summed E-state index contributed by atoms with van der Waals surface area (Å²) in [5, 5.41) is 0. The Hall–Kier alpha value is -2.31. The lowest BCUT2D eigenvalue weighted by molar-refractivity contribution is -0.138. The lowest BCUT2D eigenvalue weighted by Gasteiger charge is -2.24. The Morgan fingerprint density at radius 2 is 2.08 bits per heavy atom. The van der Waals surface area contributed by atoms with E-state index in [2.05, 4.69) is 4.98 Å². The van der Waals surface area contributed by atoms with Crippen LogP contribution in [0.1, 0.15) is 43.6 Å². The summed E-state index contributed by atoms with van der Waals surface area (Å²) in [5.41, 5.74) is -0.113. The fourth-order valence-electron chi connectivity index (χ4n) is 2.94. The molecule has 0 N–H and O–H groups in total. The minimum Gasteiger partial charge on any atom is -0.332 e. The molecule has 1 aliphatic carbocycles. The molecule has 0 radical (unpaired) electrons. The van der Waals surface area contributed by atoms with E-state index in [-0.39, 0.29) is 24.4 Å². The molecule has 1 aromatic carbocycles. The zero-order valence-electron chi connectivity index (χ0n) is 14.8. The smallest absolute Gasteiger partial charge is 0.332 e. The zero-order valence-corrected chi connectivity index (χ0v) is 14.8. The van der Waals surface area contributed by atoms with Gasteiger partial charge < -0.3 is 9.47 Å². The fraction of sp³-hybridized carbons (Fsp3) is 0.474. The predicted molar refractivity (Wildman–Crippen MR) is 91.2 cm³/mol. The highest BCUT2D eigenvalue weighted by atomic mass is 19.4. The van der Waals surface area contributed by atoms with Crippen LogP contribution >= 0.6 is 0 Å². The van der Waals surface area contributed by atoms with Gasteiger partial charge in [-0.3, -0.25) is 4.79 Å². The minimum atomic E-state index is -4.36. The summed E-state index contributed by atoms with van der Waals surface area (Å²) in [6.07, 6.45) is 0.980. The van der Waals surface area contributed by atoms with Crippen molar-refractivity contribution >= 4 is 5.91 Å². The molecule has 4 nitrogen and oxygen atoms in total. The standard InChI is InChI=1S/C19H22F3N3O/c1-13(2)18(26)25(16-6-7-16)12-17-23-8-9-24(17)11-14-4-3-5-15(10-14)19(20,21)22/h3-5,8-10,13,16H,6-7,11-12H2,1-2H3. The molecule has 0 atom stereocenters. The van der Waals surface area contributed by atoms with Gasteiger partial charge in [0.2, 0.25) is 5.91 Å². The maximum atomic E-state index is 12.9. The van der Waals surface area contributed by atoms with Gasteiger partial charge in [0.05, 0.1) is 12.1 Å². The van der Waals surface area contributed by atoms with Crippen molar-refractivity contribution in [2.75, 3.05) is 0 Å². The van der Waals surface area contributed by atoms with Crippen LogP contribution in [0.4, 0.5) is 13.2 Å². The van der Waals surface area contributed by atoms with Crippen molar-refractivity contribution in [3.8, 4) is 0 Å². The molecule has 1 saturated carbocycles. The number of imidazole rings is 1. The van der Waals surface area contributed by atoms with Crippen LogP contribution in [0.3, 0.4) is 0 Å². The van der Waals surface area contributed by atoms with Gasteiger partial charge in [0.15, 0.2) is 0 Å². The molecular formula is C19H22F3N3O. The Labute approximate surface area is 150 Å². The number of benzene rings is 1. The SMILES string of the molecule is CC(C)C(=O)N(Cc1nccn1Cc1cccc(C(F)(F)F)c1)C1CC1. The molecule has 0 aliphatic heterocycles. The highest BCUT2D eigenvalue weighted by Crippen LogP contribution is 2.31. The van der Waals surface area contributed by atoms with Gasteiger partial charge in [0.25, 0.3) is 0 Å². The number of hydrogen-bond donors (Lipinski definition) is 0. The fourth-order valence-corrected chi connectivity index (χ4v) is 2.94. The van der Waals surface area contributed by atoms with Crippen LogP contribution < -0.4 is 0 Å². The van der Waals surface area contributed by atoms with Crippen molar-refractivity contribution in [1.29, 1.82) is 0 Å². The molecule has 0 unspecified atom stereocenters. The number of aromatic nitrogens is 2. The number of carbonyl (C=O) groups excluding carboxylic acids is 1. The van der Waals surface area contributed by atoms with Crippen molar-refractivity contribution in [1.82, 2.24) is 14.5 Å². The number of alkyl halides is 3. The van der Waals surface area contributed by atoms with Crippen LogP contribution in [-0.4, -0.2) is 26.4 Å². The first kappa shape index (κ1) is 18.5. The van der Waals surface area contributed by atoms with Crippen molar-refractivity contribution in [3.05, 3.63) is 53.6 Å². The second kappa shape index (κ2) is 7.13. The number of hydrogen-bond acceptors (Lipinski definition) is 2. The van der Waals surface area contributed by atoms with E-state index in [1.54, 1.807) is 23.0 Å². The van der Waals surface area contributed by atoms with E-state index in [4.69, 9.17) is 0 Å². The number of nitrogens with zero attached hydrogens (tertiary/aromatic N) is 3. The van der Waals surface area contributed by atoms with Gasteiger partial charge in [-0.2, -0.15) is 13.2 Å². The highest BCUT2D eigenvalue weighted by Gasteiger charge is 2.34. The van der Waals surface area contributed by atoms with Crippen molar-refractivity contribution < 1.29 is 18.0 Å². The quantitative estimate of drug-likeness (QED) is 0.773. The van der Waals surface area contributed by atoms with E-state index < -0.39 is 11.7 Å². The summed E-state index contributed by atoms with van der Waals surface area (Å²) >= 11 is 0. The monoisotopic (exact) mass is 365 g/mol. The molecule has 0 saturated heterocycles. The topological polar surface area (TPSA) is 38.1 Å². The van der Waals surface area contributed by atoms with Gasteiger partial charge in [0, 0.05) is 30.9 Å². The molecule has 1 amide bonds. The predicted octanol–water partition coefficient (Wildman–Crippen LogP) is 4.10. The van der Waals surface area contributed by atoms with E-state index in [1.807, 2.05) is 18.7 Å². The second-order valence-corrected chi connectivity index (χ2v) is 7.02. The summed E-state index contributed by atoms with van der Waals surface area (Å²) < 4.78 is 40.5. The van der Waals surface area contributed by atoms with E-state index in [1.165, 1.54) is 6.07 Å². The van der Waals surface area contributed by atoms with E-state index >= 15 is 0 Å². The average Bonchev–Trinajstić information content (AvgIpc) is 3.33. The third-order valence-corrected chi connectivity index (χ3v) is 4.49. The van der Waals surface area contributed by atoms with Gasteiger partial charge in [-0.25, -0.2) is 4.98 Å². The van der Waals surface area contributed by atoms with E-state index in [0.29, 0.717) is 17.9 Å². The molecule has 26 heavy (non-hydrogen) atoms. The molecule has 2 aromatic rings. The summed E-state index contributed by atoms with van der Waals surface area (Å²) in [5.74, 6) is 0.673. The summed E-state index contributed by atoms with van der Waals surface area (Å²) in [4.78, 5) is 18.6. The van der Waals surface area contributed by atoms with E-state index in [0.717, 1.165) is 25.0 Å². The molecule has 7 heteroatoms. The van der Waals surface area contributed by atoms with Gasteiger partial charge in [-0.05, 0) is 30.5 Å². The molecule has 0 bridgehead atoms. The third-order valence-electron chi connectivity index (χ3n) is 4.49. The minimum absolute atomic E-state index is 0.0844.